The maximum absolute atomic E-state index is 13.6. The Hall–Kier alpha value is -2.14. The number of ether oxygens (including phenoxy) is 1. The van der Waals surface area contributed by atoms with Gasteiger partial charge in [0, 0.05) is 45.3 Å². The molecule has 4 rings (SSSR count). The maximum atomic E-state index is 13.6. The van der Waals surface area contributed by atoms with Crippen LogP contribution in [-0.4, -0.2) is 68.9 Å². The largest absolute Gasteiger partial charge is 0.378 e. The monoisotopic (exact) mass is 491 g/mol. The summed E-state index contributed by atoms with van der Waals surface area (Å²) in [5, 5.41) is 8.20. The summed E-state index contributed by atoms with van der Waals surface area (Å²) in [4.78, 5) is 2.14. The second-order valence-electron chi connectivity index (χ2n) is 9.45. The molecule has 1 aliphatic heterocycles. The van der Waals surface area contributed by atoms with E-state index in [2.05, 4.69) is 19.8 Å². The maximum Gasteiger partial charge on any atom is 0.279 e. The van der Waals surface area contributed by atoms with Crippen molar-refractivity contribution in [3.8, 4) is 0 Å². The zero-order valence-electron chi connectivity index (χ0n) is 19.8. The Morgan fingerprint density at radius 2 is 1.94 bits per heavy atom. The summed E-state index contributed by atoms with van der Waals surface area (Å²) in [6.07, 6.45) is 6.17. The van der Waals surface area contributed by atoms with E-state index >= 15 is 0 Å². The molecule has 2 atom stereocenters. The van der Waals surface area contributed by atoms with Crippen LogP contribution in [-0.2, 0) is 14.9 Å². The van der Waals surface area contributed by atoms with E-state index in [1.807, 2.05) is 18.2 Å². The molecule has 186 valence electrons. The third-order valence-electron chi connectivity index (χ3n) is 6.94. The highest BCUT2D eigenvalue weighted by Gasteiger charge is 2.34. The molecule has 2 heterocycles. The van der Waals surface area contributed by atoms with Gasteiger partial charge >= 0.3 is 0 Å². The number of anilines is 1. The van der Waals surface area contributed by atoms with Crippen molar-refractivity contribution in [1.29, 1.82) is 0 Å². The van der Waals surface area contributed by atoms with Gasteiger partial charge in [-0.3, -0.25) is 0 Å². The zero-order valence-corrected chi connectivity index (χ0v) is 20.6. The van der Waals surface area contributed by atoms with E-state index in [0.29, 0.717) is 32.0 Å². The highest BCUT2D eigenvalue weighted by atomic mass is 32.2. The van der Waals surface area contributed by atoms with Crippen LogP contribution in [0.2, 0.25) is 0 Å². The molecule has 1 aliphatic carbocycles. The number of nitrogens with one attached hydrogen (secondary N) is 1. The number of aromatic nitrogens is 2. The first kappa shape index (κ1) is 25.0. The molecule has 2 fully saturated rings. The number of piperidine rings is 1. The molecule has 1 N–H and O–H groups in total. The van der Waals surface area contributed by atoms with Crippen molar-refractivity contribution in [1.82, 2.24) is 19.2 Å². The molecule has 2 aliphatic rings. The fourth-order valence-corrected chi connectivity index (χ4v) is 5.81. The molecule has 0 spiro atoms. The number of hydrogen-bond acceptors (Lipinski definition) is 6. The molecule has 1 saturated heterocycles. The van der Waals surface area contributed by atoms with E-state index < -0.39 is 10.2 Å². The molecule has 34 heavy (non-hydrogen) atoms. The average Bonchev–Trinajstić information content (AvgIpc) is 2.84. The molecule has 1 saturated carbocycles. The Balaban J connectivity index is 1.37. The van der Waals surface area contributed by atoms with E-state index in [0.717, 1.165) is 37.1 Å². The molecule has 0 radical (unpaired) electrons. The average molecular weight is 492 g/mol. The highest BCUT2D eigenvalue weighted by molar-refractivity contribution is 7.87. The molecule has 2 aromatic rings. The first-order valence-corrected chi connectivity index (χ1v) is 13.4. The molecular weight excluding hydrogens is 457 g/mol. The third kappa shape index (κ3) is 6.29. The third-order valence-corrected chi connectivity index (χ3v) is 8.50. The predicted octanol–water partition coefficient (Wildman–Crippen LogP) is 2.95. The van der Waals surface area contributed by atoms with Crippen molar-refractivity contribution in [2.24, 2.45) is 5.92 Å². The van der Waals surface area contributed by atoms with Crippen LogP contribution in [0.3, 0.4) is 0 Å². The van der Waals surface area contributed by atoms with Crippen LogP contribution in [0.25, 0.3) is 0 Å². The van der Waals surface area contributed by atoms with Crippen LogP contribution >= 0.6 is 0 Å². The minimum atomic E-state index is -3.55. The van der Waals surface area contributed by atoms with Gasteiger partial charge in [-0.15, -0.1) is 5.10 Å². The minimum absolute atomic E-state index is 0.0218. The SMILES string of the molecule is CN(C)S(=O)(=O)N[C@H]1CCN(c2cccnn2)C[C@H]1CO[C@H]1CC[C@@H](c2cccc(F)c2)CC1. The number of benzene rings is 1. The molecule has 1 aromatic heterocycles. The normalized spacial score (nSPS) is 26.1. The summed E-state index contributed by atoms with van der Waals surface area (Å²) in [6.45, 7) is 1.79. The van der Waals surface area contributed by atoms with Gasteiger partial charge in [0.2, 0.25) is 0 Å². The molecule has 10 heteroatoms. The summed E-state index contributed by atoms with van der Waals surface area (Å²) in [5.41, 5.74) is 1.06. The van der Waals surface area contributed by atoms with Crippen LogP contribution in [0.15, 0.2) is 42.6 Å². The van der Waals surface area contributed by atoms with Gasteiger partial charge in [-0.05, 0) is 67.9 Å². The molecule has 0 unspecified atom stereocenters. The molecular formula is C24H34FN5O3S. The smallest absolute Gasteiger partial charge is 0.279 e. The van der Waals surface area contributed by atoms with Gasteiger partial charge in [0.1, 0.15) is 5.82 Å². The van der Waals surface area contributed by atoms with Crippen molar-refractivity contribution in [3.05, 3.63) is 54.0 Å². The van der Waals surface area contributed by atoms with Crippen molar-refractivity contribution < 1.29 is 17.5 Å². The first-order chi connectivity index (χ1) is 16.3. The van der Waals surface area contributed by atoms with E-state index in [4.69, 9.17) is 4.74 Å². The highest BCUT2D eigenvalue weighted by Crippen LogP contribution is 2.35. The van der Waals surface area contributed by atoms with Crippen LogP contribution in [0.4, 0.5) is 10.2 Å². The van der Waals surface area contributed by atoms with E-state index in [1.165, 1.54) is 24.5 Å². The van der Waals surface area contributed by atoms with Gasteiger partial charge in [-0.25, -0.2) is 4.39 Å². The summed E-state index contributed by atoms with van der Waals surface area (Å²) in [5.74, 6) is 0.938. The van der Waals surface area contributed by atoms with Gasteiger partial charge in [-0.1, -0.05) is 12.1 Å². The fraction of sp³-hybridized carbons (Fsp3) is 0.583. The first-order valence-electron chi connectivity index (χ1n) is 11.9. The number of halogens is 1. The van der Waals surface area contributed by atoms with Gasteiger partial charge in [0.25, 0.3) is 10.2 Å². The topological polar surface area (TPSA) is 87.7 Å². The lowest BCUT2D eigenvalue weighted by molar-refractivity contribution is -0.00224. The summed E-state index contributed by atoms with van der Waals surface area (Å²) in [7, 11) is -0.492. The van der Waals surface area contributed by atoms with E-state index in [-0.39, 0.29) is 23.9 Å². The van der Waals surface area contributed by atoms with Crippen molar-refractivity contribution in [3.63, 3.8) is 0 Å². The van der Waals surface area contributed by atoms with Crippen LogP contribution in [0.5, 0.6) is 0 Å². The van der Waals surface area contributed by atoms with Crippen LogP contribution in [0, 0.1) is 11.7 Å². The molecule has 8 nitrogen and oxygen atoms in total. The Kier molecular flexibility index (Phi) is 8.13. The number of nitrogens with zero attached hydrogens (tertiary/aromatic N) is 4. The minimum Gasteiger partial charge on any atom is -0.378 e. The van der Waals surface area contributed by atoms with Gasteiger partial charge < -0.3 is 9.64 Å². The summed E-state index contributed by atoms with van der Waals surface area (Å²) < 4.78 is 49.0. The summed E-state index contributed by atoms with van der Waals surface area (Å²) >= 11 is 0. The van der Waals surface area contributed by atoms with Crippen LogP contribution in [0.1, 0.15) is 43.6 Å². The summed E-state index contributed by atoms with van der Waals surface area (Å²) in [6, 6.07) is 10.4. The molecule has 1 aromatic carbocycles. The molecule has 0 amide bonds. The quantitative estimate of drug-likeness (QED) is 0.611. The Labute approximate surface area is 201 Å². The second kappa shape index (κ2) is 11.1. The molecule has 0 bridgehead atoms. The number of hydrogen-bond donors (Lipinski definition) is 1. The fourth-order valence-electron chi connectivity index (χ4n) is 4.91. The van der Waals surface area contributed by atoms with E-state index in [9.17, 15) is 12.8 Å². The Morgan fingerprint density at radius 1 is 1.15 bits per heavy atom. The van der Waals surface area contributed by atoms with Gasteiger partial charge in [0.05, 0.1) is 12.7 Å². The lowest BCUT2D eigenvalue weighted by atomic mass is 9.82. The van der Waals surface area contributed by atoms with Crippen molar-refractivity contribution in [2.75, 3.05) is 38.7 Å². The number of rotatable bonds is 8. The standard InChI is InChI=1S/C24H34FN5O3S/c1-29(2)34(31,32)28-23-12-14-30(24-7-4-13-26-27-24)16-20(23)17-33-22-10-8-18(9-11-22)19-5-3-6-21(25)15-19/h3-7,13,15,18,20,22-23,28H,8-12,14,16-17H2,1-2H3/t18-,20-,22+,23-/m0/s1. The lowest BCUT2D eigenvalue weighted by Crippen LogP contribution is -2.54. The van der Waals surface area contributed by atoms with E-state index in [1.54, 1.807) is 18.3 Å². The second-order valence-corrected chi connectivity index (χ2v) is 11.4. The van der Waals surface area contributed by atoms with Gasteiger partial charge in [-0.2, -0.15) is 22.5 Å². The van der Waals surface area contributed by atoms with Crippen molar-refractivity contribution >= 4 is 16.0 Å². The lowest BCUT2D eigenvalue weighted by Gasteiger charge is -2.40. The zero-order chi connectivity index (χ0) is 24.1. The van der Waals surface area contributed by atoms with Crippen molar-refractivity contribution in [2.45, 2.75) is 50.2 Å². The van der Waals surface area contributed by atoms with Gasteiger partial charge in [0.15, 0.2) is 5.82 Å². The predicted molar refractivity (Wildman–Crippen MR) is 129 cm³/mol. The Bertz CT molecular complexity index is 1030. The van der Waals surface area contributed by atoms with Crippen LogP contribution < -0.4 is 9.62 Å². The Morgan fingerprint density at radius 3 is 2.62 bits per heavy atom.